The molecule has 0 radical (unpaired) electrons. The van der Waals surface area contributed by atoms with E-state index in [1.54, 1.807) is 47.4 Å². The van der Waals surface area contributed by atoms with Gasteiger partial charge in [0.15, 0.2) is 11.5 Å². The first-order chi connectivity index (χ1) is 20.7. The fourth-order valence-electron chi connectivity index (χ4n) is 7.11. The first-order valence-electron chi connectivity index (χ1n) is 13.9. The van der Waals surface area contributed by atoms with Crippen molar-refractivity contribution < 1.29 is 29.1 Å². The second kappa shape index (κ2) is 9.85. The van der Waals surface area contributed by atoms with Crippen LogP contribution in [0.3, 0.4) is 0 Å². The van der Waals surface area contributed by atoms with Crippen LogP contribution >= 0.6 is 0 Å². The topological polar surface area (TPSA) is 148 Å². The number of anilines is 2. The predicted molar refractivity (Wildman–Crippen MR) is 152 cm³/mol. The summed E-state index contributed by atoms with van der Waals surface area (Å²) in [6, 6.07) is 13.2. The molecule has 1 fully saturated rings. The van der Waals surface area contributed by atoms with Gasteiger partial charge in [0.25, 0.3) is 17.4 Å². The van der Waals surface area contributed by atoms with Crippen LogP contribution in [0.25, 0.3) is 0 Å². The van der Waals surface area contributed by atoms with Gasteiger partial charge in [0.05, 0.1) is 31.0 Å². The van der Waals surface area contributed by atoms with E-state index in [1.807, 2.05) is 0 Å². The molecule has 222 valence electrons. The Balaban J connectivity index is 1.22. The number of ether oxygens (including phenoxy) is 2. The predicted octanol–water partition coefficient (Wildman–Crippen LogP) is 2.32. The largest absolute Gasteiger partial charge is 0.733 e. The van der Waals surface area contributed by atoms with Crippen LogP contribution in [-0.4, -0.2) is 71.1 Å². The van der Waals surface area contributed by atoms with E-state index in [2.05, 4.69) is 0 Å². The van der Waals surface area contributed by atoms with Gasteiger partial charge >= 0.3 is 0 Å². The summed E-state index contributed by atoms with van der Waals surface area (Å²) in [5, 5.41) is 20.3. The van der Waals surface area contributed by atoms with Crippen LogP contribution in [0.1, 0.15) is 50.5 Å². The van der Waals surface area contributed by atoms with E-state index in [1.165, 1.54) is 34.7 Å². The number of rotatable bonds is 5. The number of hydrogen-bond donors (Lipinski definition) is 1. The number of carbonyl (C=O) groups is 3. The van der Waals surface area contributed by atoms with Crippen molar-refractivity contribution >= 4 is 29.1 Å². The highest BCUT2D eigenvalue weighted by Gasteiger charge is 2.50. The van der Waals surface area contributed by atoms with Gasteiger partial charge in [-0.15, -0.1) is 0 Å². The third-order valence-corrected chi connectivity index (χ3v) is 8.93. The van der Waals surface area contributed by atoms with Crippen molar-refractivity contribution in [3.05, 3.63) is 86.5 Å². The molecular formula is C30H28N5O8-. The zero-order valence-electron chi connectivity index (χ0n) is 23.4. The van der Waals surface area contributed by atoms with Crippen LogP contribution in [0.2, 0.25) is 0 Å². The maximum absolute atomic E-state index is 13.9. The lowest BCUT2D eigenvalue weighted by Crippen LogP contribution is -2.55. The van der Waals surface area contributed by atoms with Gasteiger partial charge in [-0.05, 0) is 42.7 Å². The number of pyridine rings is 1. The quantitative estimate of drug-likeness (QED) is 0.445. The van der Waals surface area contributed by atoms with E-state index in [0.29, 0.717) is 47.9 Å². The minimum Gasteiger partial charge on any atom is -0.733 e. The number of fused-ring (bicyclic) bond motifs is 9. The highest BCUT2D eigenvalue weighted by molar-refractivity contribution is 6.18. The maximum Gasteiger partial charge on any atom is 0.275 e. The Kier molecular flexibility index (Phi) is 6.18. The van der Waals surface area contributed by atoms with Crippen molar-refractivity contribution in [2.75, 3.05) is 44.0 Å². The molecule has 2 bridgehead atoms. The lowest BCUT2D eigenvalue weighted by molar-refractivity contribution is -0.135. The van der Waals surface area contributed by atoms with Crippen LogP contribution in [0.4, 0.5) is 11.4 Å². The van der Waals surface area contributed by atoms with E-state index in [9.17, 15) is 29.6 Å². The fraction of sp³-hybridized carbons (Fsp3) is 0.333. The summed E-state index contributed by atoms with van der Waals surface area (Å²) < 4.78 is 12.5. The summed E-state index contributed by atoms with van der Waals surface area (Å²) in [7, 11) is 2.93. The Hall–Kier alpha value is -4.88. The lowest BCUT2D eigenvalue weighted by atomic mass is 9.83. The van der Waals surface area contributed by atoms with Crippen molar-refractivity contribution in [3.63, 3.8) is 0 Å². The highest BCUT2D eigenvalue weighted by Crippen LogP contribution is 2.49. The third-order valence-electron chi connectivity index (χ3n) is 8.93. The Bertz CT molecular complexity index is 1750. The van der Waals surface area contributed by atoms with Gasteiger partial charge in [0.1, 0.15) is 18.4 Å². The summed E-state index contributed by atoms with van der Waals surface area (Å²) in [4.78, 5) is 59.2. The molecule has 4 aliphatic heterocycles. The van der Waals surface area contributed by atoms with Crippen molar-refractivity contribution in [2.45, 2.75) is 25.0 Å². The van der Waals surface area contributed by atoms with Crippen LogP contribution in [0, 0.1) is 11.1 Å². The second-order valence-corrected chi connectivity index (χ2v) is 11.2. The van der Waals surface area contributed by atoms with Crippen LogP contribution in [-0.2, 0) is 11.3 Å². The molecule has 13 nitrogen and oxygen atoms in total. The molecule has 4 aliphatic rings. The summed E-state index contributed by atoms with van der Waals surface area (Å²) in [6.45, 7) is 0.712. The monoisotopic (exact) mass is 586 g/mol. The number of para-hydroxylation sites is 1. The Morgan fingerprint density at radius 2 is 1.79 bits per heavy atom. The van der Waals surface area contributed by atoms with Crippen LogP contribution < -0.4 is 25.2 Å². The highest BCUT2D eigenvalue weighted by atomic mass is 16.8. The molecule has 3 aromatic rings. The van der Waals surface area contributed by atoms with Gasteiger partial charge in [-0.2, -0.15) is 0 Å². The SMILES string of the molecule is COc1ccc2c(c1OC)C(=O)N1c3ccccc3C(=O)N(CC(=O)N3C[C@H]4C[C@@H](C3)c3ccc(N([O-])O)c(=O)n3C4)C21. The zero-order chi connectivity index (χ0) is 30.2. The van der Waals surface area contributed by atoms with Gasteiger partial charge in [-0.25, -0.2) is 0 Å². The molecule has 43 heavy (non-hydrogen) atoms. The van der Waals surface area contributed by atoms with Crippen LogP contribution in [0.15, 0.2) is 53.3 Å². The number of methoxy groups -OCH3 is 2. The van der Waals surface area contributed by atoms with Gasteiger partial charge in [-0.3, -0.25) is 29.3 Å². The van der Waals surface area contributed by atoms with Crippen molar-refractivity contribution in [2.24, 2.45) is 5.92 Å². The van der Waals surface area contributed by atoms with E-state index in [-0.39, 0.29) is 53.1 Å². The zero-order valence-corrected chi connectivity index (χ0v) is 23.4. The molecule has 1 N–H and O–H groups in total. The molecule has 1 aromatic heterocycles. The molecule has 13 heteroatoms. The average Bonchev–Trinajstić information content (AvgIpc) is 3.31. The minimum atomic E-state index is -0.857. The molecule has 2 aromatic carbocycles. The average molecular weight is 587 g/mol. The molecule has 5 heterocycles. The van der Waals surface area contributed by atoms with Crippen molar-refractivity contribution in [3.8, 4) is 11.5 Å². The second-order valence-electron chi connectivity index (χ2n) is 11.2. The van der Waals surface area contributed by atoms with E-state index < -0.39 is 17.0 Å². The first kappa shape index (κ1) is 27.0. The molecule has 0 spiro atoms. The molecule has 0 saturated carbocycles. The number of piperidine rings is 1. The molecular weight excluding hydrogens is 558 g/mol. The normalized spacial score (nSPS) is 21.6. The summed E-state index contributed by atoms with van der Waals surface area (Å²) in [5.74, 6) is -0.575. The van der Waals surface area contributed by atoms with Gasteiger partial charge in [-0.1, -0.05) is 18.2 Å². The number of hydrogen-bond acceptors (Lipinski definition) is 9. The number of nitrogens with zero attached hydrogens (tertiary/aromatic N) is 5. The lowest BCUT2D eigenvalue weighted by Gasteiger charge is -2.45. The molecule has 7 rings (SSSR count). The fourth-order valence-corrected chi connectivity index (χ4v) is 7.11. The molecule has 1 unspecified atom stereocenters. The Morgan fingerprint density at radius 3 is 2.53 bits per heavy atom. The van der Waals surface area contributed by atoms with E-state index in [4.69, 9.17) is 9.47 Å². The van der Waals surface area contributed by atoms with Crippen LogP contribution in [0.5, 0.6) is 11.5 Å². The first-order valence-corrected chi connectivity index (χ1v) is 13.9. The summed E-state index contributed by atoms with van der Waals surface area (Å²) in [6.07, 6.45) is -0.0946. The van der Waals surface area contributed by atoms with E-state index in [0.717, 1.165) is 6.42 Å². The number of benzene rings is 2. The standard InChI is InChI=1S/C30H28N5O8/c1-42-23-10-7-19-25(26(23)43-2)30(39)34-21-6-4-3-5-18(21)28(37)33(27(19)34)15-24(36)31-12-16-11-17(14-31)20-8-9-22(35(40)41)29(38)32(20)13-16/h3-10,16-17,27,40H,11-15H2,1-2H3/q-1/t16-,17+,27?/m1/s1. The van der Waals surface area contributed by atoms with Crippen molar-refractivity contribution in [1.29, 1.82) is 0 Å². The maximum atomic E-state index is 13.9. The number of amides is 3. The number of likely N-dealkylation sites (tertiary alicyclic amines) is 1. The third kappa shape index (κ3) is 3.92. The smallest absolute Gasteiger partial charge is 0.275 e. The van der Waals surface area contributed by atoms with Gasteiger partial charge < -0.3 is 34.3 Å². The number of carbonyl (C=O) groups excluding carboxylic acids is 3. The summed E-state index contributed by atoms with van der Waals surface area (Å²) in [5.41, 5.74) is 1.35. The molecule has 0 aliphatic carbocycles. The van der Waals surface area contributed by atoms with Crippen molar-refractivity contribution in [1.82, 2.24) is 14.4 Å². The van der Waals surface area contributed by atoms with Gasteiger partial charge in [0.2, 0.25) is 5.91 Å². The number of aromatic nitrogens is 1. The Labute approximate surface area is 245 Å². The van der Waals surface area contributed by atoms with Gasteiger partial charge in [0, 0.05) is 36.8 Å². The van der Waals surface area contributed by atoms with E-state index >= 15 is 0 Å². The molecule has 3 amide bonds. The molecule has 1 saturated heterocycles. The molecule has 3 atom stereocenters. The Morgan fingerprint density at radius 1 is 1.00 bits per heavy atom. The minimum absolute atomic E-state index is 0.0539. The summed E-state index contributed by atoms with van der Waals surface area (Å²) >= 11 is 0.